The Bertz CT molecular complexity index is 822. The highest BCUT2D eigenvalue weighted by Crippen LogP contribution is 2.31. The van der Waals surface area contributed by atoms with Gasteiger partial charge < -0.3 is 4.90 Å². The number of hydrogen-bond acceptors (Lipinski definition) is 5. The van der Waals surface area contributed by atoms with E-state index < -0.39 is 10.0 Å². The van der Waals surface area contributed by atoms with Crippen LogP contribution < -0.4 is 4.90 Å². The van der Waals surface area contributed by atoms with Gasteiger partial charge in [-0.25, -0.2) is 8.42 Å². The maximum atomic E-state index is 12.7. The van der Waals surface area contributed by atoms with E-state index in [1.165, 1.54) is 10.5 Å². The number of rotatable bonds is 4. The summed E-state index contributed by atoms with van der Waals surface area (Å²) in [6, 6.07) is 7.32. The zero-order valence-corrected chi connectivity index (χ0v) is 15.0. The van der Waals surface area contributed by atoms with Crippen LogP contribution in [0.1, 0.15) is 23.7 Å². The summed E-state index contributed by atoms with van der Waals surface area (Å²) in [6.45, 7) is 2.94. The van der Waals surface area contributed by atoms with E-state index in [0.717, 1.165) is 23.5 Å². The summed E-state index contributed by atoms with van der Waals surface area (Å²) in [5, 5.41) is 0. The largest absolute Gasteiger partial charge is 0.378 e. The Kier molecular flexibility index (Phi) is 4.56. The van der Waals surface area contributed by atoms with Crippen molar-refractivity contribution >= 4 is 15.7 Å². The molecule has 1 unspecified atom stereocenters. The van der Waals surface area contributed by atoms with Gasteiger partial charge in [0, 0.05) is 62.6 Å². The fraction of sp³-hybridized carbons (Fsp3) is 0.412. The lowest BCUT2D eigenvalue weighted by molar-refractivity contribution is 0.472. The van der Waals surface area contributed by atoms with Crippen LogP contribution >= 0.6 is 0 Å². The normalized spacial score (nSPS) is 18.7. The fourth-order valence-electron chi connectivity index (χ4n) is 2.98. The van der Waals surface area contributed by atoms with E-state index in [9.17, 15) is 8.42 Å². The third-order valence-electron chi connectivity index (χ3n) is 4.32. The molecule has 0 N–H and O–H groups in total. The van der Waals surface area contributed by atoms with Crippen molar-refractivity contribution in [3.8, 4) is 0 Å². The average molecular weight is 346 g/mol. The quantitative estimate of drug-likeness (QED) is 0.847. The smallest absolute Gasteiger partial charge is 0.244 e. The summed E-state index contributed by atoms with van der Waals surface area (Å²) in [5.74, 6) is 0.120. The summed E-state index contributed by atoms with van der Waals surface area (Å²) in [4.78, 5) is 10.8. The highest BCUT2D eigenvalue weighted by atomic mass is 32.2. The van der Waals surface area contributed by atoms with Gasteiger partial charge in [0.25, 0.3) is 0 Å². The molecule has 1 saturated heterocycles. The molecule has 6 nitrogen and oxygen atoms in total. The Hall–Kier alpha value is -1.99. The third-order valence-corrected chi connectivity index (χ3v) is 6.16. The first-order valence-corrected chi connectivity index (χ1v) is 9.38. The lowest BCUT2D eigenvalue weighted by atomic mass is 10.0. The first-order chi connectivity index (χ1) is 11.4. The van der Waals surface area contributed by atoms with E-state index in [0.29, 0.717) is 13.1 Å². The molecule has 0 radical (unpaired) electrons. The van der Waals surface area contributed by atoms with Gasteiger partial charge in [-0.3, -0.25) is 9.97 Å². The van der Waals surface area contributed by atoms with Crippen LogP contribution in [-0.4, -0.2) is 49.9 Å². The lowest BCUT2D eigenvalue weighted by Crippen LogP contribution is -2.28. The monoisotopic (exact) mass is 346 g/mol. The second-order valence-electron chi connectivity index (χ2n) is 6.32. The molecule has 1 aliphatic heterocycles. The van der Waals surface area contributed by atoms with Crippen molar-refractivity contribution in [2.45, 2.75) is 24.2 Å². The predicted octanol–water partition coefficient (Wildman–Crippen LogP) is 2.03. The number of nitrogens with zero attached hydrogens (tertiary/aromatic N) is 4. The summed E-state index contributed by atoms with van der Waals surface area (Å²) >= 11 is 0. The minimum atomic E-state index is -3.48. The van der Waals surface area contributed by atoms with Crippen molar-refractivity contribution in [1.29, 1.82) is 0 Å². The Morgan fingerprint density at radius 3 is 2.75 bits per heavy atom. The number of anilines is 1. The van der Waals surface area contributed by atoms with Crippen LogP contribution in [0.4, 0.5) is 5.69 Å². The molecule has 3 heterocycles. The van der Waals surface area contributed by atoms with E-state index in [1.807, 2.05) is 32.0 Å². The molecule has 1 fully saturated rings. The Labute approximate surface area is 143 Å². The third kappa shape index (κ3) is 3.27. The van der Waals surface area contributed by atoms with Gasteiger partial charge >= 0.3 is 0 Å². The van der Waals surface area contributed by atoms with E-state index in [1.54, 1.807) is 18.3 Å². The molecule has 2 aromatic heterocycles. The first kappa shape index (κ1) is 16.9. The van der Waals surface area contributed by atoms with Crippen molar-refractivity contribution in [3.63, 3.8) is 0 Å². The molecule has 0 aliphatic carbocycles. The standard InChI is InChI=1S/C17H22N4O2S/c1-13-9-15(20(2)3)10-17(19-13)14-6-8-21(12-14)24(22,23)16-5-4-7-18-11-16/h4-5,7,9-11,14H,6,8,12H2,1-3H3. The summed E-state index contributed by atoms with van der Waals surface area (Å²) in [6.07, 6.45) is 3.76. The molecule has 0 spiro atoms. The van der Waals surface area contributed by atoms with Gasteiger partial charge in [-0.05, 0) is 37.6 Å². The van der Waals surface area contributed by atoms with E-state index >= 15 is 0 Å². The highest BCUT2D eigenvalue weighted by molar-refractivity contribution is 7.89. The van der Waals surface area contributed by atoms with E-state index in [-0.39, 0.29) is 10.8 Å². The van der Waals surface area contributed by atoms with Gasteiger partial charge in [0.15, 0.2) is 0 Å². The zero-order chi connectivity index (χ0) is 17.3. The minimum absolute atomic E-state index is 0.120. The zero-order valence-electron chi connectivity index (χ0n) is 14.2. The average Bonchev–Trinajstić information content (AvgIpc) is 3.06. The molecule has 0 aromatic carbocycles. The van der Waals surface area contributed by atoms with Gasteiger partial charge in [-0.15, -0.1) is 0 Å². The second kappa shape index (κ2) is 6.49. The van der Waals surface area contributed by atoms with Gasteiger partial charge in [0.1, 0.15) is 4.90 Å². The maximum Gasteiger partial charge on any atom is 0.244 e. The molecule has 1 atom stereocenters. The molecule has 7 heteroatoms. The van der Waals surface area contributed by atoms with Crippen molar-refractivity contribution in [3.05, 3.63) is 48.0 Å². The number of sulfonamides is 1. The van der Waals surface area contributed by atoms with Crippen molar-refractivity contribution in [1.82, 2.24) is 14.3 Å². The van der Waals surface area contributed by atoms with Gasteiger partial charge in [0.2, 0.25) is 10.0 Å². The number of hydrogen-bond donors (Lipinski definition) is 0. The highest BCUT2D eigenvalue weighted by Gasteiger charge is 2.34. The number of aryl methyl sites for hydroxylation is 1. The molecule has 0 amide bonds. The topological polar surface area (TPSA) is 66.4 Å². The van der Waals surface area contributed by atoms with Crippen molar-refractivity contribution in [2.24, 2.45) is 0 Å². The predicted molar refractivity (Wildman–Crippen MR) is 93.7 cm³/mol. The molecule has 128 valence electrons. The number of pyridine rings is 2. The number of aromatic nitrogens is 2. The molecule has 3 rings (SSSR count). The molecule has 24 heavy (non-hydrogen) atoms. The van der Waals surface area contributed by atoms with E-state index in [4.69, 9.17) is 0 Å². The Balaban J connectivity index is 1.84. The molecule has 0 saturated carbocycles. The van der Waals surface area contributed by atoms with Crippen LogP contribution in [-0.2, 0) is 10.0 Å². The Morgan fingerprint density at radius 1 is 1.29 bits per heavy atom. The second-order valence-corrected chi connectivity index (χ2v) is 8.26. The van der Waals surface area contributed by atoms with Crippen LogP contribution in [0.2, 0.25) is 0 Å². The van der Waals surface area contributed by atoms with Crippen molar-refractivity contribution < 1.29 is 8.42 Å². The Morgan fingerprint density at radius 2 is 2.08 bits per heavy atom. The van der Waals surface area contributed by atoms with Crippen LogP contribution in [0.15, 0.2) is 41.6 Å². The van der Waals surface area contributed by atoms with Crippen LogP contribution in [0.25, 0.3) is 0 Å². The molecular formula is C17H22N4O2S. The van der Waals surface area contributed by atoms with Gasteiger partial charge in [-0.1, -0.05) is 0 Å². The molecular weight excluding hydrogens is 324 g/mol. The maximum absolute atomic E-state index is 12.7. The summed E-state index contributed by atoms with van der Waals surface area (Å²) in [7, 11) is 0.501. The van der Waals surface area contributed by atoms with Crippen LogP contribution in [0.3, 0.4) is 0 Å². The molecule has 0 bridgehead atoms. The minimum Gasteiger partial charge on any atom is -0.378 e. The lowest BCUT2D eigenvalue weighted by Gasteiger charge is -2.18. The summed E-state index contributed by atoms with van der Waals surface area (Å²) < 4.78 is 27.0. The molecule has 2 aromatic rings. The van der Waals surface area contributed by atoms with Crippen LogP contribution in [0, 0.1) is 6.92 Å². The summed E-state index contributed by atoms with van der Waals surface area (Å²) in [5.41, 5.74) is 3.00. The van der Waals surface area contributed by atoms with Crippen molar-refractivity contribution in [2.75, 3.05) is 32.1 Å². The van der Waals surface area contributed by atoms with Crippen LogP contribution in [0.5, 0.6) is 0 Å². The van der Waals surface area contributed by atoms with Gasteiger partial charge in [-0.2, -0.15) is 4.31 Å². The first-order valence-electron chi connectivity index (χ1n) is 7.94. The SMILES string of the molecule is Cc1cc(N(C)C)cc(C2CCN(S(=O)(=O)c3cccnc3)C2)n1. The molecule has 1 aliphatic rings. The fourth-order valence-corrected chi connectivity index (χ4v) is 4.44. The van der Waals surface area contributed by atoms with Gasteiger partial charge in [0.05, 0.1) is 0 Å². The van der Waals surface area contributed by atoms with E-state index in [2.05, 4.69) is 16.0 Å².